The van der Waals surface area contributed by atoms with Crippen molar-refractivity contribution < 1.29 is 0 Å². The molecule has 0 aliphatic carbocycles. The quantitative estimate of drug-likeness (QED) is 0.574. The molecule has 2 rings (SSSR count). The van der Waals surface area contributed by atoms with Crippen molar-refractivity contribution >= 4 is 17.3 Å². The van der Waals surface area contributed by atoms with Gasteiger partial charge in [0.15, 0.2) is 5.96 Å². The van der Waals surface area contributed by atoms with E-state index >= 15 is 0 Å². The summed E-state index contributed by atoms with van der Waals surface area (Å²) in [6.45, 7) is 14.1. The van der Waals surface area contributed by atoms with Gasteiger partial charge in [0.1, 0.15) is 5.01 Å². The number of aryl methyl sites for hydroxylation is 1. The van der Waals surface area contributed by atoms with E-state index in [2.05, 4.69) is 51.2 Å². The highest BCUT2D eigenvalue weighted by molar-refractivity contribution is 7.11. The SMILES string of the molecule is CCc1cnc(CNC(=NC)NCC(C)N2CCN(CC)CC2)s1. The molecule has 1 saturated heterocycles. The Kier molecular flexibility index (Phi) is 7.94. The van der Waals surface area contributed by atoms with Gasteiger partial charge in [-0.05, 0) is 19.9 Å². The molecule has 0 amide bonds. The summed E-state index contributed by atoms with van der Waals surface area (Å²) in [6.07, 6.45) is 3.02. The summed E-state index contributed by atoms with van der Waals surface area (Å²) >= 11 is 1.77. The third-order valence-corrected chi connectivity index (χ3v) is 5.76. The van der Waals surface area contributed by atoms with Crippen molar-refractivity contribution in [2.75, 3.05) is 46.3 Å². The molecule has 1 fully saturated rings. The van der Waals surface area contributed by atoms with Crippen molar-refractivity contribution in [2.45, 2.75) is 39.8 Å². The molecule has 1 atom stereocenters. The summed E-state index contributed by atoms with van der Waals surface area (Å²) in [5, 5.41) is 7.91. The van der Waals surface area contributed by atoms with Crippen molar-refractivity contribution in [2.24, 2.45) is 4.99 Å². The number of nitrogens with one attached hydrogen (secondary N) is 2. The minimum atomic E-state index is 0.508. The standard InChI is InChI=1S/C17H32N6S/c1-5-15-12-19-16(24-15)13-21-17(18-4)20-11-14(3)23-9-7-22(6-2)8-10-23/h12,14H,5-11,13H2,1-4H3,(H2,18,20,21). The largest absolute Gasteiger partial charge is 0.355 e. The first kappa shape index (κ1) is 19.1. The van der Waals surface area contributed by atoms with Crippen LogP contribution in [-0.2, 0) is 13.0 Å². The van der Waals surface area contributed by atoms with Gasteiger partial charge >= 0.3 is 0 Å². The lowest BCUT2D eigenvalue weighted by molar-refractivity contribution is 0.107. The van der Waals surface area contributed by atoms with E-state index in [1.165, 1.54) is 18.0 Å². The first-order valence-corrected chi connectivity index (χ1v) is 9.82. The number of aliphatic imine (C=N–C) groups is 1. The molecule has 0 radical (unpaired) electrons. The Labute approximate surface area is 150 Å². The fourth-order valence-corrected chi connectivity index (χ4v) is 3.67. The van der Waals surface area contributed by atoms with Crippen LogP contribution in [0.1, 0.15) is 30.7 Å². The highest BCUT2D eigenvalue weighted by atomic mass is 32.1. The van der Waals surface area contributed by atoms with Crippen LogP contribution < -0.4 is 10.6 Å². The van der Waals surface area contributed by atoms with Crippen LogP contribution in [0.2, 0.25) is 0 Å². The van der Waals surface area contributed by atoms with Crippen molar-refractivity contribution in [1.29, 1.82) is 0 Å². The van der Waals surface area contributed by atoms with E-state index in [9.17, 15) is 0 Å². The second-order valence-electron chi connectivity index (χ2n) is 6.20. The summed E-state index contributed by atoms with van der Waals surface area (Å²) < 4.78 is 0. The summed E-state index contributed by atoms with van der Waals surface area (Å²) in [5.74, 6) is 0.849. The maximum absolute atomic E-state index is 4.44. The molecule has 1 aromatic rings. The van der Waals surface area contributed by atoms with Crippen LogP contribution in [-0.4, -0.2) is 73.1 Å². The Bertz CT molecular complexity index is 507. The second-order valence-corrected chi connectivity index (χ2v) is 7.40. The zero-order valence-corrected chi connectivity index (χ0v) is 16.3. The van der Waals surface area contributed by atoms with Crippen molar-refractivity contribution in [1.82, 2.24) is 25.4 Å². The third kappa shape index (κ3) is 5.72. The highest BCUT2D eigenvalue weighted by Gasteiger charge is 2.20. The monoisotopic (exact) mass is 352 g/mol. The van der Waals surface area contributed by atoms with Crippen LogP contribution in [0.4, 0.5) is 0 Å². The van der Waals surface area contributed by atoms with Crippen LogP contribution in [0.25, 0.3) is 0 Å². The van der Waals surface area contributed by atoms with Gasteiger partial charge in [-0.3, -0.25) is 9.89 Å². The van der Waals surface area contributed by atoms with Gasteiger partial charge in [0.2, 0.25) is 0 Å². The zero-order chi connectivity index (χ0) is 17.4. The number of aromatic nitrogens is 1. The summed E-state index contributed by atoms with van der Waals surface area (Å²) in [6, 6.07) is 0.508. The topological polar surface area (TPSA) is 55.8 Å². The molecule has 1 unspecified atom stereocenters. The number of piperazine rings is 1. The van der Waals surface area contributed by atoms with Crippen molar-refractivity contribution in [3.8, 4) is 0 Å². The average Bonchev–Trinajstić information content (AvgIpc) is 3.09. The summed E-state index contributed by atoms with van der Waals surface area (Å²) in [4.78, 5) is 15.1. The van der Waals surface area contributed by atoms with E-state index in [1.807, 2.05) is 13.2 Å². The van der Waals surface area contributed by atoms with Gasteiger partial charge in [-0.1, -0.05) is 13.8 Å². The Morgan fingerprint density at radius 2 is 2.04 bits per heavy atom. The van der Waals surface area contributed by atoms with Crippen LogP contribution in [0.3, 0.4) is 0 Å². The molecule has 1 aromatic heterocycles. The third-order valence-electron chi connectivity index (χ3n) is 4.62. The first-order valence-electron chi connectivity index (χ1n) is 9.00. The maximum atomic E-state index is 4.44. The second kappa shape index (κ2) is 9.96. The molecule has 2 heterocycles. The summed E-state index contributed by atoms with van der Waals surface area (Å²) in [7, 11) is 1.82. The van der Waals surface area contributed by atoms with Crippen LogP contribution in [0.15, 0.2) is 11.2 Å². The first-order chi connectivity index (χ1) is 11.7. The Hall–Kier alpha value is -1.18. The minimum Gasteiger partial charge on any atom is -0.355 e. The van der Waals surface area contributed by atoms with Gasteiger partial charge in [-0.25, -0.2) is 4.98 Å². The normalized spacial score (nSPS) is 18.6. The van der Waals surface area contributed by atoms with Gasteiger partial charge in [0.25, 0.3) is 0 Å². The van der Waals surface area contributed by atoms with E-state index in [0.29, 0.717) is 6.04 Å². The number of nitrogens with zero attached hydrogens (tertiary/aromatic N) is 4. The van der Waals surface area contributed by atoms with E-state index in [4.69, 9.17) is 0 Å². The van der Waals surface area contributed by atoms with Gasteiger partial charge in [0, 0.05) is 56.9 Å². The summed E-state index contributed by atoms with van der Waals surface area (Å²) in [5.41, 5.74) is 0. The molecular formula is C17H32N6S. The average molecular weight is 353 g/mol. The molecule has 2 N–H and O–H groups in total. The zero-order valence-electron chi connectivity index (χ0n) is 15.5. The Morgan fingerprint density at radius 1 is 1.29 bits per heavy atom. The molecule has 0 bridgehead atoms. The van der Waals surface area contributed by atoms with Crippen LogP contribution in [0, 0.1) is 0 Å². The molecule has 7 heteroatoms. The molecule has 0 saturated carbocycles. The van der Waals surface area contributed by atoms with E-state index < -0.39 is 0 Å². The lowest BCUT2D eigenvalue weighted by Crippen LogP contribution is -2.53. The molecule has 136 valence electrons. The molecule has 1 aliphatic rings. The number of thiazole rings is 1. The number of hydrogen-bond donors (Lipinski definition) is 2. The predicted molar refractivity (Wildman–Crippen MR) is 103 cm³/mol. The highest BCUT2D eigenvalue weighted by Crippen LogP contribution is 2.12. The number of rotatable bonds is 7. The molecule has 0 spiro atoms. The molecule has 1 aliphatic heterocycles. The maximum Gasteiger partial charge on any atom is 0.191 e. The van der Waals surface area contributed by atoms with Gasteiger partial charge in [-0.15, -0.1) is 11.3 Å². The van der Waals surface area contributed by atoms with E-state index in [1.54, 1.807) is 11.3 Å². The van der Waals surface area contributed by atoms with E-state index in [0.717, 1.165) is 50.1 Å². The fourth-order valence-electron chi connectivity index (χ4n) is 2.87. The smallest absolute Gasteiger partial charge is 0.191 e. The van der Waals surface area contributed by atoms with Gasteiger partial charge < -0.3 is 15.5 Å². The number of guanidine groups is 1. The Morgan fingerprint density at radius 3 is 2.62 bits per heavy atom. The fraction of sp³-hybridized carbons (Fsp3) is 0.765. The van der Waals surface area contributed by atoms with Crippen LogP contribution >= 0.6 is 11.3 Å². The van der Waals surface area contributed by atoms with E-state index in [-0.39, 0.29) is 0 Å². The molecule has 0 aromatic carbocycles. The lowest BCUT2D eigenvalue weighted by Gasteiger charge is -2.37. The Balaban J connectivity index is 1.71. The minimum absolute atomic E-state index is 0.508. The van der Waals surface area contributed by atoms with Gasteiger partial charge in [0.05, 0.1) is 6.54 Å². The molecule has 6 nitrogen and oxygen atoms in total. The van der Waals surface area contributed by atoms with Crippen molar-refractivity contribution in [3.05, 3.63) is 16.1 Å². The predicted octanol–water partition coefficient (Wildman–Crippen LogP) is 1.40. The number of hydrogen-bond acceptors (Lipinski definition) is 5. The van der Waals surface area contributed by atoms with Gasteiger partial charge in [-0.2, -0.15) is 0 Å². The van der Waals surface area contributed by atoms with Crippen LogP contribution in [0.5, 0.6) is 0 Å². The lowest BCUT2D eigenvalue weighted by atomic mass is 10.2. The molecule has 24 heavy (non-hydrogen) atoms. The van der Waals surface area contributed by atoms with Crippen molar-refractivity contribution in [3.63, 3.8) is 0 Å². The number of likely N-dealkylation sites (N-methyl/N-ethyl adjacent to an activating group) is 1. The molecular weight excluding hydrogens is 320 g/mol.